The molecule has 0 heterocycles. The minimum absolute atomic E-state index is 0.108. The maximum absolute atomic E-state index is 14.1. The van der Waals surface area contributed by atoms with Crippen LogP contribution in [0.4, 0.5) is 13.2 Å². The average Bonchev–Trinajstić information content (AvgIpc) is 2.46. The van der Waals surface area contributed by atoms with Gasteiger partial charge < -0.3 is 10.2 Å². The maximum Gasteiger partial charge on any atom is 0.303 e. The monoisotopic (exact) mass is 324 g/mol. The van der Waals surface area contributed by atoms with Crippen molar-refractivity contribution in [2.75, 3.05) is 0 Å². The largest absolute Gasteiger partial charge is 0.507 e. The minimum atomic E-state index is -3.04. The van der Waals surface area contributed by atoms with Crippen LogP contribution in [0.2, 0.25) is 0 Å². The van der Waals surface area contributed by atoms with Gasteiger partial charge in [0.1, 0.15) is 11.6 Å². The molecule has 0 aliphatic rings. The number of hydrogen-bond acceptors (Lipinski definition) is 2. The number of alkyl halides is 2. The fourth-order valence-electron chi connectivity index (χ4n) is 2.46. The number of carboxylic acids is 1. The van der Waals surface area contributed by atoms with Gasteiger partial charge in [0.25, 0.3) is 6.43 Å². The van der Waals surface area contributed by atoms with Crippen molar-refractivity contribution in [1.82, 2.24) is 0 Å². The van der Waals surface area contributed by atoms with Crippen LogP contribution in [-0.4, -0.2) is 16.2 Å². The lowest BCUT2D eigenvalue weighted by atomic mass is 9.94. The molecule has 122 valence electrons. The van der Waals surface area contributed by atoms with Crippen LogP contribution in [0.3, 0.4) is 0 Å². The fourth-order valence-corrected chi connectivity index (χ4v) is 2.46. The van der Waals surface area contributed by atoms with Gasteiger partial charge in [-0.05, 0) is 48.2 Å². The number of aromatic hydroxyl groups is 1. The van der Waals surface area contributed by atoms with Crippen LogP contribution in [0.15, 0.2) is 30.3 Å². The van der Waals surface area contributed by atoms with Gasteiger partial charge in [0.05, 0.1) is 5.56 Å². The molecule has 0 aliphatic heterocycles. The number of benzene rings is 2. The number of aryl methyl sites for hydroxylation is 2. The summed E-state index contributed by atoms with van der Waals surface area (Å²) >= 11 is 0. The van der Waals surface area contributed by atoms with Crippen LogP contribution >= 0.6 is 0 Å². The molecule has 0 bridgehead atoms. The highest BCUT2D eigenvalue weighted by Crippen LogP contribution is 2.36. The molecule has 0 unspecified atom stereocenters. The molecule has 0 spiro atoms. The molecule has 3 nitrogen and oxygen atoms in total. The summed E-state index contributed by atoms with van der Waals surface area (Å²) in [5.41, 5.74) is 0.290. The van der Waals surface area contributed by atoms with E-state index in [-0.39, 0.29) is 29.7 Å². The second kappa shape index (κ2) is 6.73. The Balaban J connectivity index is 2.62. The molecule has 0 fully saturated rings. The Hall–Kier alpha value is -2.50. The third-order valence-corrected chi connectivity index (χ3v) is 3.56. The minimum Gasteiger partial charge on any atom is -0.507 e. The SMILES string of the molecule is Cc1cccc(O)c1-c1cc(CCC(=O)O)c(F)c(C(F)F)c1. The van der Waals surface area contributed by atoms with Crippen LogP contribution in [0, 0.1) is 12.7 Å². The van der Waals surface area contributed by atoms with E-state index in [9.17, 15) is 23.1 Å². The third-order valence-electron chi connectivity index (χ3n) is 3.56. The zero-order chi connectivity index (χ0) is 17.1. The van der Waals surface area contributed by atoms with Gasteiger partial charge in [0.2, 0.25) is 0 Å². The molecule has 0 aliphatic carbocycles. The molecular formula is C17H15F3O3. The Morgan fingerprint density at radius 2 is 1.96 bits per heavy atom. The second-order valence-corrected chi connectivity index (χ2v) is 5.20. The Morgan fingerprint density at radius 1 is 1.26 bits per heavy atom. The summed E-state index contributed by atoms with van der Waals surface area (Å²) in [6.07, 6.45) is -3.62. The van der Waals surface area contributed by atoms with Crippen molar-refractivity contribution in [1.29, 1.82) is 0 Å². The first-order chi connectivity index (χ1) is 10.8. The van der Waals surface area contributed by atoms with Crippen LogP contribution in [0.1, 0.15) is 29.5 Å². The highest BCUT2D eigenvalue weighted by atomic mass is 19.3. The molecule has 2 aromatic rings. The Kier molecular flexibility index (Phi) is 4.93. The van der Waals surface area contributed by atoms with Gasteiger partial charge >= 0.3 is 5.97 Å². The highest BCUT2D eigenvalue weighted by molar-refractivity contribution is 5.75. The molecule has 0 radical (unpaired) electrons. The Bertz CT molecular complexity index is 722. The smallest absolute Gasteiger partial charge is 0.303 e. The molecule has 23 heavy (non-hydrogen) atoms. The molecule has 0 saturated carbocycles. The van der Waals surface area contributed by atoms with Crippen molar-refractivity contribution in [2.24, 2.45) is 0 Å². The van der Waals surface area contributed by atoms with E-state index >= 15 is 0 Å². The number of aliphatic carboxylic acids is 1. The maximum atomic E-state index is 14.1. The molecule has 0 amide bonds. The molecule has 2 N–H and O–H groups in total. The van der Waals surface area contributed by atoms with E-state index in [0.717, 1.165) is 6.07 Å². The lowest BCUT2D eigenvalue weighted by Crippen LogP contribution is -2.03. The van der Waals surface area contributed by atoms with Crippen LogP contribution in [0.25, 0.3) is 11.1 Å². The third kappa shape index (κ3) is 3.64. The first-order valence-corrected chi connectivity index (χ1v) is 6.92. The summed E-state index contributed by atoms with van der Waals surface area (Å²) in [4.78, 5) is 10.7. The summed E-state index contributed by atoms with van der Waals surface area (Å²) in [5.74, 6) is -2.36. The average molecular weight is 324 g/mol. The van der Waals surface area contributed by atoms with Gasteiger partial charge in [-0.2, -0.15) is 0 Å². The van der Waals surface area contributed by atoms with E-state index in [2.05, 4.69) is 0 Å². The van der Waals surface area contributed by atoms with Gasteiger partial charge in [-0.25, -0.2) is 13.2 Å². The summed E-state index contributed by atoms with van der Waals surface area (Å²) < 4.78 is 40.3. The number of hydrogen-bond donors (Lipinski definition) is 2. The lowest BCUT2D eigenvalue weighted by molar-refractivity contribution is -0.136. The van der Waals surface area contributed by atoms with E-state index in [0.29, 0.717) is 11.1 Å². The molecule has 0 saturated heterocycles. The van der Waals surface area contributed by atoms with Crippen LogP contribution < -0.4 is 0 Å². The van der Waals surface area contributed by atoms with Crippen molar-refractivity contribution < 1.29 is 28.2 Å². The standard InChI is InChI=1S/C17H15F3O3/c1-9-3-2-4-13(21)15(9)11-7-10(5-6-14(22)23)16(18)12(8-11)17(19)20/h2-4,7-8,17,21H,5-6H2,1H3,(H,22,23). The first kappa shape index (κ1) is 16.9. The second-order valence-electron chi connectivity index (χ2n) is 5.20. The summed E-state index contributed by atoms with van der Waals surface area (Å²) in [7, 11) is 0. The van der Waals surface area contributed by atoms with E-state index in [1.54, 1.807) is 19.1 Å². The van der Waals surface area contributed by atoms with Crippen molar-refractivity contribution >= 4 is 5.97 Å². The van der Waals surface area contributed by atoms with E-state index in [1.807, 2.05) is 0 Å². The molecule has 2 rings (SSSR count). The summed E-state index contributed by atoms with van der Waals surface area (Å²) in [5, 5.41) is 18.7. The number of carbonyl (C=O) groups is 1. The highest BCUT2D eigenvalue weighted by Gasteiger charge is 2.20. The van der Waals surface area contributed by atoms with E-state index in [1.165, 1.54) is 12.1 Å². The Morgan fingerprint density at radius 3 is 2.52 bits per heavy atom. The van der Waals surface area contributed by atoms with Crippen LogP contribution in [0.5, 0.6) is 5.75 Å². The number of halogens is 3. The van der Waals surface area contributed by atoms with Crippen molar-refractivity contribution in [2.45, 2.75) is 26.2 Å². The summed E-state index contributed by atoms with van der Waals surface area (Å²) in [6.45, 7) is 1.69. The quantitative estimate of drug-likeness (QED) is 0.853. The predicted molar refractivity (Wildman–Crippen MR) is 79.2 cm³/mol. The molecule has 6 heteroatoms. The number of rotatable bonds is 5. The predicted octanol–water partition coefficient (Wildman–Crippen LogP) is 4.46. The van der Waals surface area contributed by atoms with E-state index < -0.39 is 23.8 Å². The number of carboxylic acid groups (broad SMARTS) is 1. The van der Waals surface area contributed by atoms with Gasteiger partial charge in [-0.1, -0.05) is 12.1 Å². The molecule has 2 aromatic carbocycles. The van der Waals surface area contributed by atoms with Gasteiger partial charge in [-0.15, -0.1) is 0 Å². The number of phenols is 1. The molecule has 0 aromatic heterocycles. The molecule has 0 atom stereocenters. The van der Waals surface area contributed by atoms with Crippen molar-refractivity contribution in [3.8, 4) is 16.9 Å². The van der Waals surface area contributed by atoms with Crippen LogP contribution in [-0.2, 0) is 11.2 Å². The number of phenolic OH excluding ortho intramolecular Hbond substituents is 1. The topological polar surface area (TPSA) is 57.5 Å². The zero-order valence-corrected chi connectivity index (χ0v) is 12.3. The van der Waals surface area contributed by atoms with E-state index in [4.69, 9.17) is 5.11 Å². The zero-order valence-electron chi connectivity index (χ0n) is 12.3. The molecular weight excluding hydrogens is 309 g/mol. The first-order valence-electron chi connectivity index (χ1n) is 6.92. The normalized spacial score (nSPS) is 11.0. The van der Waals surface area contributed by atoms with Gasteiger partial charge in [0.15, 0.2) is 0 Å². The van der Waals surface area contributed by atoms with Gasteiger partial charge in [0, 0.05) is 12.0 Å². The summed E-state index contributed by atoms with van der Waals surface area (Å²) in [6, 6.07) is 7.01. The lowest BCUT2D eigenvalue weighted by Gasteiger charge is -2.14. The Labute approximate surface area is 131 Å². The van der Waals surface area contributed by atoms with Crippen molar-refractivity contribution in [3.05, 3.63) is 52.8 Å². The van der Waals surface area contributed by atoms with Crippen molar-refractivity contribution in [3.63, 3.8) is 0 Å². The van der Waals surface area contributed by atoms with Gasteiger partial charge in [-0.3, -0.25) is 4.79 Å². The fraction of sp³-hybridized carbons (Fsp3) is 0.235.